The maximum absolute atomic E-state index is 13.1. The molecule has 1 aliphatic heterocycles. The number of carbonyl (C=O) groups excluding carboxylic acids is 2. The van der Waals surface area contributed by atoms with E-state index in [4.69, 9.17) is 9.47 Å². The third-order valence-electron chi connectivity index (χ3n) is 4.92. The summed E-state index contributed by atoms with van der Waals surface area (Å²) in [7, 11) is 2.98. The van der Waals surface area contributed by atoms with Crippen molar-refractivity contribution in [2.75, 3.05) is 20.7 Å². The number of nitrogens with zero attached hydrogens (tertiary/aromatic N) is 2. The number of hydrogen-bond acceptors (Lipinski definition) is 6. The number of rotatable bonds is 8. The molecule has 0 aromatic heterocycles. The Balaban J connectivity index is 2.06. The molecule has 1 aliphatic rings. The Kier molecular flexibility index (Phi) is 7.77. The van der Waals surface area contributed by atoms with E-state index in [2.05, 4.69) is 0 Å². The van der Waals surface area contributed by atoms with E-state index in [1.807, 2.05) is 44.2 Å². The summed E-state index contributed by atoms with van der Waals surface area (Å²) in [5, 5.41) is 10.5. The summed E-state index contributed by atoms with van der Waals surface area (Å²) < 4.78 is 10.4. The maximum Gasteiger partial charge on any atom is 0.328 e. The zero-order valence-corrected chi connectivity index (χ0v) is 16.5. The molecule has 1 saturated heterocycles. The Morgan fingerprint density at radius 1 is 1.30 bits per heavy atom. The molecular weight excluding hydrogens is 348 g/mol. The van der Waals surface area contributed by atoms with E-state index in [1.54, 1.807) is 11.9 Å². The zero-order valence-electron chi connectivity index (χ0n) is 16.5. The number of likely N-dealkylation sites (tertiary alicyclic amines) is 1. The van der Waals surface area contributed by atoms with E-state index in [9.17, 15) is 14.7 Å². The van der Waals surface area contributed by atoms with Gasteiger partial charge in [0.15, 0.2) is 0 Å². The summed E-state index contributed by atoms with van der Waals surface area (Å²) in [4.78, 5) is 28.2. The van der Waals surface area contributed by atoms with Crippen LogP contribution in [-0.4, -0.2) is 66.0 Å². The molecule has 1 N–H and O–H groups in total. The van der Waals surface area contributed by atoms with Crippen molar-refractivity contribution >= 4 is 11.9 Å². The molecule has 1 fully saturated rings. The second-order valence-electron chi connectivity index (χ2n) is 7.19. The van der Waals surface area contributed by atoms with Crippen LogP contribution in [0.25, 0.3) is 0 Å². The number of carbonyl (C=O) groups is 2. The number of hydrogen-bond donors (Lipinski definition) is 1. The molecule has 2 rings (SSSR count). The average Bonchev–Trinajstić information content (AvgIpc) is 3.15. The lowest BCUT2D eigenvalue weighted by Gasteiger charge is -2.36. The lowest BCUT2D eigenvalue weighted by molar-refractivity contribution is -0.210. The average molecular weight is 378 g/mol. The number of ether oxygens (including phenoxy) is 2. The third-order valence-corrected chi connectivity index (χ3v) is 4.92. The molecule has 0 radical (unpaired) electrons. The number of aliphatic hydroxyl groups excluding tert-OH is 1. The summed E-state index contributed by atoms with van der Waals surface area (Å²) in [6.07, 6.45) is 0.119. The summed E-state index contributed by atoms with van der Waals surface area (Å²) in [6.45, 7) is 4.56. The number of aliphatic hydroxyl groups is 1. The van der Waals surface area contributed by atoms with Gasteiger partial charge in [0.1, 0.15) is 6.04 Å². The van der Waals surface area contributed by atoms with Gasteiger partial charge in [0, 0.05) is 6.54 Å². The highest BCUT2D eigenvalue weighted by molar-refractivity contribution is 5.88. The standard InChI is InChI=1S/C20H30N2O5/c1-14(2)17(18(23)22-12-8-11-16(22)19(24)26-4)21(3)20(25)27-13-15-9-6-5-7-10-15/h5-7,9-10,14,16-17,20,25H,8,11-13H2,1-4H3/t16-,17-,20?/m0/s1. The van der Waals surface area contributed by atoms with Gasteiger partial charge in [-0.25, -0.2) is 9.69 Å². The maximum atomic E-state index is 13.1. The zero-order chi connectivity index (χ0) is 20.0. The molecule has 1 unspecified atom stereocenters. The molecule has 0 bridgehead atoms. The fraction of sp³-hybridized carbons (Fsp3) is 0.600. The summed E-state index contributed by atoms with van der Waals surface area (Å²) >= 11 is 0. The van der Waals surface area contributed by atoms with E-state index >= 15 is 0 Å². The minimum atomic E-state index is -1.24. The van der Waals surface area contributed by atoms with Crippen LogP contribution >= 0.6 is 0 Å². The summed E-state index contributed by atoms with van der Waals surface area (Å²) in [5.41, 5.74) is 0.933. The van der Waals surface area contributed by atoms with Crippen LogP contribution < -0.4 is 0 Å². The highest BCUT2D eigenvalue weighted by Gasteiger charge is 2.41. The second-order valence-corrected chi connectivity index (χ2v) is 7.19. The van der Waals surface area contributed by atoms with Gasteiger partial charge in [-0.2, -0.15) is 0 Å². The number of methoxy groups -OCH3 is 1. The van der Waals surface area contributed by atoms with E-state index in [0.717, 1.165) is 12.0 Å². The lowest BCUT2D eigenvalue weighted by Crippen LogP contribution is -2.55. The van der Waals surface area contributed by atoms with Crippen LogP contribution in [0.4, 0.5) is 0 Å². The normalized spacial score (nSPS) is 19.4. The van der Waals surface area contributed by atoms with Gasteiger partial charge in [-0.15, -0.1) is 0 Å². The van der Waals surface area contributed by atoms with Gasteiger partial charge >= 0.3 is 5.97 Å². The molecule has 1 heterocycles. The van der Waals surface area contributed by atoms with Crippen molar-refractivity contribution in [1.82, 2.24) is 9.80 Å². The van der Waals surface area contributed by atoms with E-state index in [0.29, 0.717) is 13.0 Å². The summed E-state index contributed by atoms with van der Waals surface area (Å²) in [6, 6.07) is 8.35. The second kappa shape index (κ2) is 9.82. The summed E-state index contributed by atoms with van der Waals surface area (Å²) in [5.74, 6) is -0.661. The molecule has 1 amide bonds. The van der Waals surface area contributed by atoms with Gasteiger partial charge in [0.05, 0.1) is 19.8 Å². The molecule has 1 aromatic carbocycles. The van der Waals surface area contributed by atoms with Crippen molar-refractivity contribution in [2.24, 2.45) is 5.92 Å². The van der Waals surface area contributed by atoms with Crippen molar-refractivity contribution in [2.45, 2.75) is 51.8 Å². The van der Waals surface area contributed by atoms with Crippen LogP contribution in [0.1, 0.15) is 32.3 Å². The van der Waals surface area contributed by atoms with Gasteiger partial charge in [0.25, 0.3) is 0 Å². The molecule has 0 saturated carbocycles. The highest BCUT2D eigenvalue weighted by atomic mass is 16.6. The topological polar surface area (TPSA) is 79.3 Å². The van der Waals surface area contributed by atoms with Crippen molar-refractivity contribution in [3.8, 4) is 0 Å². The third kappa shape index (κ3) is 5.28. The molecule has 7 nitrogen and oxygen atoms in total. The van der Waals surface area contributed by atoms with Gasteiger partial charge in [-0.3, -0.25) is 4.79 Å². The Morgan fingerprint density at radius 3 is 2.56 bits per heavy atom. The van der Waals surface area contributed by atoms with Crippen LogP contribution in [0.3, 0.4) is 0 Å². The fourth-order valence-electron chi connectivity index (χ4n) is 3.51. The SMILES string of the molecule is COC(=O)[C@@H]1CCCN1C(=O)[C@H](C(C)C)N(C)C(O)OCc1ccccc1. The van der Waals surface area contributed by atoms with Crippen molar-refractivity contribution < 1.29 is 24.2 Å². The van der Waals surface area contributed by atoms with E-state index < -0.39 is 24.5 Å². The number of esters is 1. The van der Waals surface area contributed by atoms with Gasteiger partial charge in [-0.05, 0) is 31.4 Å². The van der Waals surface area contributed by atoms with E-state index in [1.165, 1.54) is 12.0 Å². The Labute approximate surface area is 160 Å². The van der Waals surface area contributed by atoms with Crippen LogP contribution in [0, 0.1) is 5.92 Å². The molecular formula is C20H30N2O5. The molecule has 27 heavy (non-hydrogen) atoms. The van der Waals surface area contributed by atoms with Gasteiger partial charge < -0.3 is 19.5 Å². The minimum absolute atomic E-state index is 0.0728. The fourth-order valence-corrected chi connectivity index (χ4v) is 3.51. The van der Waals surface area contributed by atoms with Crippen LogP contribution in [0.5, 0.6) is 0 Å². The van der Waals surface area contributed by atoms with Crippen LogP contribution in [-0.2, 0) is 25.7 Å². The molecule has 150 valence electrons. The molecule has 1 aromatic rings. The predicted molar refractivity (Wildman–Crippen MR) is 100 cm³/mol. The van der Waals surface area contributed by atoms with Crippen molar-refractivity contribution in [3.63, 3.8) is 0 Å². The van der Waals surface area contributed by atoms with Crippen molar-refractivity contribution in [3.05, 3.63) is 35.9 Å². The number of amides is 1. The first-order valence-electron chi connectivity index (χ1n) is 9.30. The van der Waals surface area contributed by atoms with Crippen LogP contribution in [0.2, 0.25) is 0 Å². The van der Waals surface area contributed by atoms with Gasteiger partial charge in [0.2, 0.25) is 12.3 Å². The monoisotopic (exact) mass is 378 g/mol. The smallest absolute Gasteiger partial charge is 0.328 e. The number of benzene rings is 1. The lowest BCUT2D eigenvalue weighted by atomic mass is 10.0. The minimum Gasteiger partial charge on any atom is -0.467 e. The Bertz CT molecular complexity index is 622. The first-order valence-corrected chi connectivity index (χ1v) is 9.30. The number of likely N-dealkylation sites (N-methyl/N-ethyl adjacent to an activating group) is 1. The van der Waals surface area contributed by atoms with Crippen LogP contribution in [0.15, 0.2) is 30.3 Å². The van der Waals surface area contributed by atoms with E-state index in [-0.39, 0.29) is 18.4 Å². The molecule has 3 atom stereocenters. The quantitative estimate of drug-likeness (QED) is 0.547. The predicted octanol–water partition coefficient (Wildman–Crippen LogP) is 1.60. The van der Waals surface area contributed by atoms with Crippen molar-refractivity contribution in [1.29, 1.82) is 0 Å². The Morgan fingerprint density at radius 2 is 1.96 bits per heavy atom. The molecule has 0 aliphatic carbocycles. The first kappa shape index (κ1) is 21.3. The first-order chi connectivity index (χ1) is 12.9. The largest absolute Gasteiger partial charge is 0.467 e. The molecule has 7 heteroatoms. The molecule has 0 spiro atoms. The Hall–Kier alpha value is -1.96. The highest BCUT2D eigenvalue weighted by Crippen LogP contribution is 2.24. The van der Waals surface area contributed by atoms with Gasteiger partial charge in [-0.1, -0.05) is 44.2 Å².